The van der Waals surface area contributed by atoms with Crippen molar-refractivity contribution in [1.82, 2.24) is 26.0 Å². The van der Waals surface area contributed by atoms with Gasteiger partial charge in [-0.05, 0) is 53.6 Å². The van der Waals surface area contributed by atoms with Gasteiger partial charge in [0.15, 0.2) is 5.82 Å². The van der Waals surface area contributed by atoms with E-state index in [4.69, 9.17) is 11.6 Å². The van der Waals surface area contributed by atoms with E-state index in [1.165, 1.54) is 29.6 Å². The van der Waals surface area contributed by atoms with Crippen LogP contribution in [0.2, 0.25) is 5.02 Å². The zero-order valence-corrected chi connectivity index (χ0v) is 20.7. The van der Waals surface area contributed by atoms with Crippen LogP contribution in [0.1, 0.15) is 45.1 Å². The van der Waals surface area contributed by atoms with Gasteiger partial charge in [0, 0.05) is 24.3 Å². The van der Waals surface area contributed by atoms with Crippen LogP contribution in [0.15, 0.2) is 55.0 Å². The summed E-state index contributed by atoms with van der Waals surface area (Å²) in [5.41, 5.74) is 9.78. The molecule has 1 aliphatic heterocycles. The second kappa shape index (κ2) is 10.5. The summed E-state index contributed by atoms with van der Waals surface area (Å²) in [4.78, 5) is 45.5. The van der Waals surface area contributed by atoms with Crippen molar-refractivity contribution in [2.45, 2.75) is 31.3 Å². The molecule has 0 radical (unpaired) electrons. The van der Waals surface area contributed by atoms with Gasteiger partial charge < -0.3 is 10.6 Å². The SMILES string of the molecule is O=C(NNc1ncc(C(=O)N[C@@H]2CCSC2=O)cc1Cl)NC1c2ccccc2CCc2cnccc21. The van der Waals surface area contributed by atoms with Crippen molar-refractivity contribution in [3.63, 3.8) is 0 Å². The normalized spacial score (nSPS) is 18.4. The van der Waals surface area contributed by atoms with Gasteiger partial charge in [0.2, 0.25) is 5.12 Å². The Morgan fingerprint density at radius 2 is 1.83 bits per heavy atom. The standard InChI is InChI=1S/C25H23ClN6O3S/c26-19-11-16(23(33)29-20-8-10-36-24(20)34)13-28-22(19)31-32-25(35)30-21-17-4-2-1-3-14(17)5-6-15-12-27-9-7-18(15)21/h1-4,7,9,11-13,20-21H,5-6,8,10H2,(H,28,31)(H,29,33)(H2,30,32,35)/t20-,21?/m1/s1. The zero-order chi connectivity index (χ0) is 25.1. The van der Waals surface area contributed by atoms with E-state index in [0.717, 1.165) is 29.5 Å². The highest BCUT2D eigenvalue weighted by atomic mass is 35.5. The molecule has 1 fully saturated rings. The van der Waals surface area contributed by atoms with E-state index in [0.29, 0.717) is 12.2 Å². The summed E-state index contributed by atoms with van der Waals surface area (Å²) in [6, 6.07) is 10.1. The second-order valence-electron chi connectivity index (χ2n) is 8.47. The van der Waals surface area contributed by atoms with Gasteiger partial charge in [0.25, 0.3) is 5.91 Å². The van der Waals surface area contributed by atoms with Gasteiger partial charge in [-0.25, -0.2) is 9.78 Å². The molecular weight excluding hydrogens is 500 g/mol. The van der Waals surface area contributed by atoms with Crippen LogP contribution in [0.25, 0.3) is 0 Å². The monoisotopic (exact) mass is 522 g/mol. The Morgan fingerprint density at radius 3 is 2.64 bits per heavy atom. The van der Waals surface area contributed by atoms with Crippen LogP contribution in [0.5, 0.6) is 0 Å². The van der Waals surface area contributed by atoms with Crippen LogP contribution in [0.4, 0.5) is 10.6 Å². The van der Waals surface area contributed by atoms with Crippen LogP contribution in [-0.4, -0.2) is 38.8 Å². The zero-order valence-electron chi connectivity index (χ0n) is 19.1. The maximum absolute atomic E-state index is 12.9. The Labute approximate surface area is 216 Å². The van der Waals surface area contributed by atoms with Gasteiger partial charge in [-0.1, -0.05) is 47.6 Å². The summed E-state index contributed by atoms with van der Waals surface area (Å²) in [5, 5.41) is 5.82. The first kappa shape index (κ1) is 24.1. The fourth-order valence-electron chi connectivity index (χ4n) is 4.37. The average molecular weight is 523 g/mol. The third-order valence-corrected chi connectivity index (χ3v) is 7.49. The number of urea groups is 1. The molecule has 3 amide bonds. The minimum atomic E-state index is -0.500. The Balaban J connectivity index is 1.25. The summed E-state index contributed by atoms with van der Waals surface area (Å²) >= 11 is 7.50. The molecular formula is C25H23ClN6O3S. The number of anilines is 1. The quantitative estimate of drug-likeness (QED) is 0.378. The molecule has 9 nitrogen and oxygen atoms in total. The first-order valence-corrected chi connectivity index (χ1v) is 12.8. The molecule has 3 aromatic rings. The predicted octanol–water partition coefficient (Wildman–Crippen LogP) is 3.41. The number of fused-ring (bicyclic) bond motifs is 2. The summed E-state index contributed by atoms with van der Waals surface area (Å²) in [6.45, 7) is 0. The molecule has 36 heavy (non-hydrogen) atoms. The van der Waals surface area contributed by atoms with Gasteiger partial charge in [0.05, 0.1) is 22.7 Å². The van der Waals surface area contributed by atoms with E-state index in [1.807, 2.05) is 30.5 Å². The van der Waals surface area contributed by atoms with Crippen LogP contribution in [0.3, 0.4) is 0 Å². The number of rotatable bonds is 5. The lowest BCUT2D eigenvalue weighted by Crippen LogP contribution is -2.41. The number of hydrogen-bond donors (Lipinski definition) is 4. The lowest BCUT2D eigenvalue weighted by molar-refractivity contribution is -0.112. The van der Waals surface area contributed by atoms with E-state index >= 15 is 0 Å². The molecule has 5 rings (SSSR count). The van der Waals surface area contributed by atoms with Crippen molar-refractivity contribution in [3.8, 4) is 0 Å². The average Bonchev–Trinajstić information content (AvgIpc) is 3.22. The molecule has 1 unspecified atom stereocenters. The predicted molar refractivity (Wildman–Crippen MR) is 138 cm³/mol. The largest absolute Gasteiger partial charge is 0.341 e. The lowest BCUT2D eigenvalue weighted by Gasteiger charge is -2.22. The van der Waals surface area contributed by atoms with Crippen molar-refractivity contribution < 1.29 is 14.4 Å². The summed E-state index contributed by atoms with van der Waals surface area (Å²) in [7, 11) is 0. The van der Waals surface area contributed by atoms with Crippen molar-refractivity contribution in [2.75, 3.05) is 11.2 Å². The number of benzene rings is 1. The summed E-state index contributed by atoms with van der Waals surface area (Å²) in [6.07, 6.45) is 7.20. The van der Waals surface area contributed by atoms with Gasteiger partial charge in [-0.15, -0.1) is 0 Å². The van der Waals surface area contributed by atoms with E-state index < -0.39 is 18.0 Å². The molecule has 4 N–H and O–H groups in total. The molecule has 1 aliphatic carbocycles. The maximum Gasteiger partial charge on any atom is 0.334 e. The third kappa shape index (κ3) is 5.14. The van der Waals surface area contributed by atoms with Gasteiger partial charge in [-0.2, -0.15) is 0 Å². The minimum absolute atomic E-state index is 0.0499. The first-order valence-electron chi connectivity index (χ1n) is 11.5. The number of amides is 3. The van der Waals surface area contributed by atoms with Gasteiger partial charge in [-0.3, -0.25) is 25.4 Å². The van der Waals surface area contributed by atoms with Crippen LogP contribution in [0, 0.1) is 0 Å². The number of hydrogen-bond acceptors (Lipinski definition) is 7. The highest BCUT2D eigenvalue weighted by Crippen LogP contribution is 2.32. The number of nitrogens with zero attached hydrogens (tertiary/aromatic N) is 2. The van der Waals surface area contributed by atoms with Gasteiger partial charge in [0.1, 0.15) is 0 Å². The summed E-state index contributed by atoms with van der Waals surface area (Å²) in [5.74, 6) is 0.443. The van der Waals surface area contributed by atoms with E-state index in [1.54, 1.807) is 6.20 Å². The molecule has 11 heteroatoms. The van der Waals surface area contributed by atoms with Crippen molar-refractivity contribution in [1.29, 1.82) is 0 Å². The smallest absolute Gasteiger partial charge is 0.334 e. The number of carbonyl (C=O) groups is 3. The highest BCUT2D eigenvalue weighted by molar-refractivity contribution is 8.14. The molecule has 2 atom stereocenters. The Bertz CT molecular complexity index is 1290. The Hall–Kier alpha value is -3.63. The fourth-order valence-corrected chi connectivity index (χ4v) is 5.52. The molecule has 0 bridgehead atoms. The summed E-state index contributed by atoms with van der Waals surface area (Å²) < 4.78 is 0. The fraction of sp³-hybridized carbons (Fsp3) is 0.240. The highest BCUT2D eigenvalue weighted by Gasteiger charge is 2.28. The van der Waals surface area contributed by atoms with Crippen molar-refractivity contribution in [3.05, 3.63) is 87.8 Å². The van der Waals surface area contributed by atoms with E-state index in [9.17, 15) is 14.4 Å². The number of aryl methyl sites for hydroxylation is 2. The number of hydrazine groups is 1. The molecule has 2 aromatic heterocycles. The van der Waals surface area contributed by atoms with Crippen LogP contribution < -0.4 is 21.5 Å². The lowest BCUT2D eigenvalue weighted by atomic mass is 9.96. The molecule has 2 aliphatic rings. The Kier molecular flexibility index (Phi) is 7.06. The second-order valence-corrected chi connectivity index (χ2v) is 9.97. The number of pyridine rings is 2. The minimum Gasteiger partial charge on any atom is -0.341 e. The number of halogens is 1. The van der Waals surface area contributed by atoms with Crippen molar-refractivity contribution in [2.24, 2.45) is 0 Å². The molecule has 1 saturated heterocycles. The van der Waals surface area contributed by atoms with Crippen molar-refractivity contribution >= 4 is 46.2 Å². The van der Waals surface area contributed by atoms with Crippen LogP contribution >= 0.6 is 23.4 Å². The molecule has 1 aromatic carbocycles. The Morgan fingerprint density at radius 1 is 1.03 bits per heavy atom. The van der Waals surface area contributed by atoms with Crippen LogP contribution in [-0.2, 0) is 17.6 Å². The number of thioether (sulfide) groups is 1. The van der Waals surface area contributed by atoms with E-state index in [-0.39, 0.29) is 27.6 Å². The topological polar surface area (TPSA) is 125 Å². The third-order valence-electron chi connectivity index (χ3n) is 6.20. The maximum atomic E-state index is 12.9. The number of aromatic nitrogens is 2. The molecule has 0 saturated carbocycles. The van der Waals surface area contributed by atoms with Gasteiger partial charge >= 0.3 is 6.03 Å². The number of carbonyl (C=O) groups excluding carboxylic acids is 3. The first-order chi connectivity index (χ1) is 17.5. The molecule has 0 spiro atoms. The van der Waals surface area contributed by atoms with E-state index in [2.05, 4.69) is 37.5 Å². The number of nitrogens with one attached hydrogen (secondary N) is 4. The molecule has 3 heterocycles. The molecule has 184 valence electrons.